The number of rotatable bonds is 3. The number of esters is 1. The van der Waals surface area contributed by atoms with Crippen LogP contribution >= 0.6 is 0 Å². The normalized spacial score (nSPS) is 11.3. The van der Waals surface area contributed by atoms with Crippen LogP contribution in [0.5, 0.6) is 0 Å². The van der Waals surface area contributed by atoms with Crippen LogP contribution in [0.3, 0.4) is 0 Å². The zero-order valence-corrected chi connectivity index (χ0v) is 12.1. The van der Waals surface area contributed by atoms with Crippen LogP contribution in [0.4, 0.5) is 13.2 Å². The molecule has 0 fully saturated rings. The zero-order valence-electron chi connectivity index (χ0n) is 12.1. The van der Waals surface area contributed by atoms with Gasteiger partial charge in [-0.15, -0.1) is 0 Å². The summed E-state index contributed by atoms with van der Waals surface area (Å²) < 4.78 is 42.8. The van der Waals surface area contributed by atoms with Gasteiger partial charge in [-0.05, 0) is 38.1 Å². The molecule has 0 atom stereocenters. The summed E-state index contributed by atoms with van der Waals surface area (Å²) >= 11 is 0. The van der Waals surface area contributed by atoms with Crippen molar-refractivity contribution in [2.75, 3.05) is 6.61 Å². The second-order valence-corrected chi connectivity index (χ2v) is 4.64. The molecule has 0 N–H and O–H groups in total. The minimum absolute atomic E-state index is 0.208. The van der Waals surface area contributed by atoms with Gasteiger partial charge >= 0.3 is 12.1 Å². The van der Waals surface area contributed by atoms with E-state index in [4.69, 9.17) is 4.74 Å². The van der Waals surface area contributed by atoms with E-state index < -0.39 is 17.7 Å². The van der Waals surface area contributed by atoms with Crippen molar-refractivity contribution in [2.24, 2.45) is 0 Å². The lowest BCUT2D eigenvalue weighted by Gasteiger charge is -2.11. The number of alkyl halides is 3. The van der Waals surface area contributed by atoms with E-state index in [2.05, 4.69) is 4.98 Å². The standard InChI is InChI=1S/C16H14F3NO2/c1-3-22-15(21)13-9-4-10(2)20-14(13)11-5-7-12(8-6-11)16(17,18)19/h4-9H,3H2,1-2H3. The highest BCUT2D eigenvalue weighted by Crippen LogP contribution is 2.31. The van der Waals surface area contributed by atoms with Gasteiger partial charge in [0.25, 0.3) is 0 Å². The van der Waals surface area contributed by atoms with Gasteiger partial charge in [0.05, 0.1) is 23.4 Å². The van der Waals surface area contributed by atoms with E-state index in [0.717, 1.165) is 12.1 Å². The first-order chi connectivity index (χ1) is 10.3. The number of aryl methyl sites for hydroxylation is 1. The number of hydrogen-bond donors (Lipinski definition) is 0. The molecule has 6 heteroatoms. The third-order valence-electron chi connectivity index (χ3n) is 3.02. The van der Waals surface area contributed by atoms with Gasteiger partial charge in [-0.1, -0.05) is 12.1 Å². The summed E-state index contributed by atoms with van der Waals surface area (Å²) in [6.07, 6.45) is -4.40. The molecule has 0 bridgehead atoms. The highest BCUT2D eigenvalue weighted by atomic mass is 19.4. The fourth-order valence-corrected chi connectivity index (χ4v) is 1.97. The summed E-state index contributed by atoms with van der Waals surface area (Å²) in [7, 11) is 0. The molecule has 0 aliphatic heterocycles. The van der Waals surface area contributed by atoms with E-state index in [1.807, 2.05) is 0 Å². The van der Waals surface area contributed by atoms with Crippen LogP contribution in [-0.4, -0.2) is 17.6 Å². The summed E-state index contributed by atoms with van der Waals surface area (Å²) in [4.78, 5) is 16.2. The molecule has 0 aliphatic rings. The summed E-state index contributed by atoms with van der Waals surface area (Å²) in [5.41, 5.74) is 0.878. The topological polar surface area (TPSA) is 39.2 Å². The van der Waals surface area contributed by atoms with Gasteiger partial charge in [-0.3, -0.25) is 4.98 Å². The Hall–Kier alpha value is -2.37. The molecule has 3 nitrogen and oxygen atoms in total. The van der Waals surface area contributed by atoms with Gasteiger partial charge in [-0.2, -0.15) is 13.2 Å². The maximum atomic E-state index is 12.6. The van der Waals surface area contributed by atoms with Crippen molar-refractivity contribution in [3.05, 3.63) is 53.2 Å². The van der Waals surface area contributed by atoms with E-state index >= 15 is 0 Å². The molecular formula is C16H14F3NO2. The molecule has 1 heterocycles. The molecule has 116 valence electrons. The molecule has 0 saturated carbocycles. The third kappa shape index (κ3) is 3.44. The molecule has 1 aromatic carbocycles. The predicted octanol–water partition coefficient (Wildman–Crippen LogP) is 4.25. The van der Waals surface area contributed by atoms with Gasteiger partial charge in [0.15, 0.2) is 0 Å². The first-order valence-electron chi connectivity index (χ1n) is 6.65. The Kier molecular flexibility index (Phi) is 4.49. The van der Waals surface area contributed by atoms with Crippen LogP contribution in [0.2, 0.25) is 0 Å². The number of carbonyl (C=O) groups is 1. The number of pyridine rings is 1. The SMILES string of the molecule is CCOC(=O)c1ccc(C)nc1-c1ccc(C(F)(F)F)cc1. The maximum absolute atomic E-state index is 12.6. The van der Waals surface area contributed by atoms with Crippen molar-refractivity contribution in [3.63, 3.8) is 0 Å². The molecule has 0 radical (unpaired) electrons. The Balaban J connectivity index is 2.47. The molecule has 2 rings (SSSR count). The quantitative estimate of drug-likeness (QED) is 0.796. The lowest BCUT2D eigenvalue weighted by molar-refractivity contribution is -0.137. The summed E-state index contributed by atoms with van der Waals surface area (Å²) in [5, 5.41) is 0. The Morgan fingerprint density at radius 2 is 1.77 bits per heavy atom. The van der Waals surface area contributed by atoms with E-state index in [0.29, 0.717) is 17.0 Å². The van der Waals surface area contributed by atoms with Crippen molar-refractivity contribution in [2.45, 2.75) is 20.0 Å². The first-order valence-corrected chi connectivity index (χ1v) is 6.65. The number of ether oxygens (including phenoxy) is 1. The van der Waals surface area contributed by atoms with Gasteiger partial charge in [-0.25, -0.2) is 4.79 Å². The average Bonchev–Trinajstić information content (AvgIpc) is 2.46. The number of hydrogen-bond acceptors (Lipinski definition) is 3. The van der Waals surface area contributed by atoms with Crippen molar-refractivity contribution in [1.29, 1.82) is 0 Å². The van der Waals surface area contributed by atoms with Crippen molar-refractivity contribution < 1.29 is 22.7 Å². The van der Waals surface area contributed by atoms with Crippen LogP contribution in [0.15, 0.2) is 36.4 Å². The fourth-order valence-electron chi connectivity index (χ4n) is 1.97. The fraction of sp³-hybridized carbons (Fsp3) is 0.250. The summed E-state index contributed by atoms with van der Waals surface area (Å²) in [6, 6.07) is 7.75. The van der Waals surface area contributed by atoms with Crippen LogP contribution < -0.4 is 0 Å². The number of halogens is 3. The second-order valence-electron chi connectivity index (χ2n) is 4.64. The van der Waals surface area contributed by atoms with Crippen molar-refractivity contribution in [1.82, 2.24) is 4.98 Å². The van der Waals surface area contributed by atoms with Crippen molar-refractivity contribution >= 4 is 5.97 Å². The minimum Gasteiger partial charge on any atom is -0.462 e. The van der Waals surface area contributed by atoms with E-state index in [9.17, 15) is 18.0 Å². The highest BCUT2D eigenvalue weighted by Gasteiger charge is 2.30. The largest absolute Gasteiger partial charge is 0.462 e. The molecule has 0 spiro atoms. The Morgan fingerprint density at radius 1 is 1.14 bits per heavy atom. The number of carbonyl (C=O) groups excluding carboxylic acids is 1. The lowest BCUT2D eigenvalue weighted by atomic mass is 10.0. The molecule has 2 aromatic rings. The smallest absolute Gasteiger partial charge is 0.416 e. The summed E-state index contributed by atoms with van der Waals surface area (Å²) in [5.74, 6) is -0.551. The second kappa shape index (κ2) is 6.17. The zero-order chi connectivity index (χ0) is 16.3. The average molecular weight is 309 g/mol. The lowest BCUT2D eigenvalue weighted by Crippen LogP contribution is -2.08. The number of benzene rings is 1. The molecule has 0 amide bonds. The Labute approximate surface area is 125 Å². The monoisotopic (exact) mass is 309 g/mol. The van der Waals surface area contributed by atoms with Crippen LogP contribution in [-0.2, 0) is 10.9 Å². The van der Waals surface area contributed by atoms with Gasteiger partial charge in [0.1, 0.15) is 0 Å². The molecule has 0 saturated heterocycles. The molecule has 0 unspecified atom stereocenters. The van der Waals surface area contributed by atoms with Crippen LogP contribution in [0.1, 0.15) is 28.5 Å². The van der Waals surface area contributed by atoms with Gasteiger partial charge in [0.2, 0.25) is 0 Å². The minimum atomic E-state index is -4.40. The Morgan fingerprint density at radius 3 is 2.32 bits per heavy atom. The third-order valence-corrected chi connectivity index (χ3v) is 3.02. The van der Waals surface area contributed by atoms with Gasteiger partial charge < -0.3 is 4.74 Å². The van der Waals surface area contributed by atoms with E-state index in [1.165, 1.54) is 12.1 Å². The Bertz CT molecular complexity index is 679. The molecule has 0 aliphatic carbocycles. The molecule has 22 heavy (non-hydrogen) atoms. The van der Waals surface area contributed by atoms with E-state index in [-0.39, 0.29) is 12.2 Å². The predicted molar refractivity (Wildman–Crippen MR) is 75.4 cm³/mol. The summed E-state index contributed by atoms with van der Waals surface area (Å²) in [6.45, 7) is 3.62. The van der Waals surface area contributed by atoms with Crippen LogP contribution in [0, 0.1) is 6.92 Å². The van der Waals surface area contributed by atoms with Crippen molar-refractivity contribution in [3.8, 4) is 11.3 Å². The molecule has 1 aromatic heterocycles. The molecular weight excluding hydrogens is 295 g/mol. The van der Waals surface area contributed by atoms with Gasteiger partial charge in [0, 0.05) is 11.3 Å². The number of nitrogens with zero attached hydrogens (tertiary/aromatic N) is 1. The maximum Gasteiger partial charge on any atom is 0.416 e. The number of aromatic nitrogens is 1. The highest BCUT2D eigenvalue weighted by molar-refractivity contribution is 5.96. The van der Waals surface area contributed by atoms with Crippen LogP contribution in [0.25, 0.3) is 11.3 Å². The van der Waals surface area contributed by atoms with E-state index in [1.54, 1.807) is 26.0 Å². The first kappa shape index (κ1) is 16.0.